The fraction of sp³-hybridized carbons (Fsp3) is 0.250. The minimum atomic E-state index is 0.0406. The summed E-state index contributed by atoms with van der Waals surface area (Å²) in [5.74, 6) is 6.15. The van der Waals surface area contributed by atoms with Crippen LogP contribution in [0.4, 0.5) is 4.48 Å². The van der Waals surface area contributed by atoms with Crippen molar-refractivity contribution < 1.29 is 4.48 Å². The number of aryl methyl sites for hydroxylation is 2. The zero-order valence-corrected chi connectivity index (χ0v) is 10.1. The van der Waals surface area contributed by atoms with Crippen LogP contribution in [0.15, 0.2) is 17.5 Å². The Kier molecular flexibility index (Phi) is 3.35. The van der Waals surface area contributed by atoms with Gasteiger partial charge in [0, 0.05) is 7.05 Å². The van der Waals surface area contributed by atoms with Gasteiger partial charge < -0.3 is 10.3 Å². The minimum Gasteiger partial charge on any atom is -0.331 e. The zero-order chi connectivity index (χ0) is 13.1. The molecule has 92 valence electrons. The standard InChI is InChI=1S/C12H12FN5/c1-8-16-12(17-13)10-6-9(4-3-5-14)15-7-11(10)18(8)2/h6-7H,5,14H2,1-2H3. The van der Waals surface area contributed by atoms with E-state index in [-0.39, 0.29) is 12.0 Å². The van der Waals surface area contributed by atoms with E-state index in [2.05, 4.69) is 27.0 Å². The average Bonchev–Trinajstić information content (AvgIpc) is 2.40. The van der Waals surface area contributed by atoms with E-state index in [1.165, 1.54) is 0 Å². The molecule has 0 aliphatic rings. The molecule has 0 atom stereocenters. The van der Waals surface area contributed by atoms with Crippen LogP contribution in [0.3, 0.4) is 0 Å². The van der Waals surface area contributed by atoms with Crippen LogP contribution in [0.1, 0.15) is 11.5 Å². The number of hydrogen-bond donors (Lipinski definition) is 1. The minimum absolute atomic E-state index is 0.0406. The smallest absolute Gasteiger partial charge is 0.196 e. The molecule has 0 amide bonds. The molecule has 18 heavy (non-hydrogen) atoms. The third kappa shape index (κ3) is 2.08. The molecule has 0 aromatic carbocycles. The summed E-state index contributed by atoms with van der Waals surface area (Å²) in [5, 5.41) is 3.27. The first-order valence-electron chi connectivity index (χ1n) is 5.34. The number of fused-ring (bicyclic) bond motifs is 1. The molecule has 2 aromatic heterocycles. The van der Waals surface area contributed by atoms with Gasteiger partial charge in [-0.15, -0.1) is 0 Å². The van der Waals surface area contributed by atoms with Crippen LogP contribution in [0.2, 0.25) is 0 Å². The molecule has 0 bridgehead atoms. The van der Waals surface area contributed by atoms with Gasteiger partial charge >= 0.3 is 0 Å². The second kappa shape index (κ2) is 4.94. The number of pyridine rings is 1. The monoisotopic (exact) mass is 245 g/mol. The highest BCUT2D eigenvalue weighted by molar-refractivity contribution is 5.78. The van der Waals surface area contributed by atoms with Gasteiger partial charge in [0.05, 0.1) is 23.6 Å². The van der Waals surface area contributed by atoms with E-state index in [0.29, 0.717) is 16.9 Å². The van der Waals surface area contributed by atoms with E-state index in [4.69, 9.17) is 5.73 Å². The van der Waals surface area contributed by atoms with Crippen LogP contribution in [-0.2, 0) is 7.05 Å². The Balaban J connectivity index is 2.81. The lowest BCUT2D eigenvalue weighted by Crippen LogP contribution is -2.16. The average molecular weight is 245 g/mol. The van der Waals surface area contributed by atoms with Crippen LogP contribution in [0, 0.1) is 18.8 Å². The lowest BCUT2D eigenvalue weighted by Gasteiger charge is -2.08. The number of aromatic nitrogens is 3. The maximum atomic E-state index is 12.6. The molecule has 2 N–H and O–H groups in total. The Morgan fingerprint density at radius 2 is 2.33 bits per heavy atom. The van der Waals surface area contributed by atoms with E-state index in [0.717, 1.165) is 5.52 Å². The highest BCUT2D eigenvalue weighted by atomic mass is 19.2. The van der Waals surface area contributed by atoms with Crippen molar-refractivity contribution in [1.29, 1.82) is 0 Å². The summed E-state index contributed by atoms with van der Waals surface area (Å²) in [6.07, 6.45) is 1.62. The van der Waals surface area contributed by atoms with Crippen LogP contribution in [0.25, 0.3) is 10.9 Å². The van der Waals surface area contributed by atoms with Crippen molar-refractivity contribution in [1.82, 2.24) is 14.5 Å². The van der Waals surface area contributed by atoms with Gasteiger partial charge in [0.1, 0.15) is 11.5 Å². The van der Waals surface area contributed by atoms with Gasteiger partial charge in [0.2, 0.25) is 0 Å². The first kappa shape index (κ1) is 12.2. The predicted octanol–water partition coefficient (Wildman–Crippen LogP) is 0.372. The fourth-order valence-corrected chi connectivity index (χ4v) is 1.63. The molecule has 0 unspecified atom stereocenters. The predicted molar refractivity (Wildman–Crippen MR) is 65.8 cm³/mol. The summed E-state index contributed by atoms with van der Waals surface area (Å²) in [4.78, 5) is 8.24. The summed E-state index contributed by atoms with van der Waals surface area (Å²) in [6, 6.07) is 1.66. The Morgan fingerprint density at radius 3 is 3.00 bits per heavy atom. The van der Waals surface area contributed by atoms with Crippen molar-refractivity contribution in [2.24, 2.45) is 18.0 Å². The van der Waals surface area contributed by atoms with Gasteiger partial charge in [0.25, 0.3) is 0 Å². The normalized spacial score (nSPS) is 11.4. The van der Waals surface area contributed by atoms with Gasteiger partial charge in [-0.05, 0) is 18.9 Å². The zero-order valence-electron chi connectivity index (χ0n) is 10.1. The van der Waals surface area contributed by atoms with Crippen LogP contribution in [-0.4, -0.2) is 21.1 Å². The molecule has 0 saturated carbocycles. The Labute approximate surface area is 103 Å². The van der Waals surface area contributed by atoms with Crippen molar-refractivity contribution in [3.05, 3.63) is 29.3 Å². The molecular formula is C12H12FN5. The van der Waals surface area contributed by atoms with Crippen LogP contribution >= 0.6 is 0 Å². The van der Waals surface area contributed by atoms with Crippen molar-refractivity contribution in [3.63, 3.8) is 0 Å². The van der Waals surface area contributed by atoms with Gasteiger partial charge in [-0.25, -0.2) is 9.97 Å². The Morgan fingerprint density at radius 1 is 1.56 bits per heavy atom. The number of hydrogen-bond acceptors (Lipinski definition) is 4. The van der Waals surface area contributed by atoms with E-state index in [1.54, 1.807) is 19.2 Å². The van der Waals surface area contributed by atoms with E-state index in [1.807, 2.05) is 11.6 Å². The second-order valence-electron chi connectivity index (χ2n) is 3.72. The molecular weight excluding hydrogens is 233 g/mol. The van der Waals surface area contributed by atoms with Crippen molar-refractivity contribution in [3.8, 4) is 11.8 Å². The number of halogens is 1. The van der Waals surface area contributed by atoms with Crippen LogP contribution in [0.5, 0.6) is 0 Å². The summed E-state index contributed by atoms with van der Waals surface area (Å²) in [5.41, 5.74) is 6.60. The summed E-state index contributed by atoms with van der Waals surface area (Å²) in [6.45, 7) is 2.02. The second-order valence-corrected chi connectivity index (χ2v) is 3.72. The Hall–Kier alpha value is -2.26. The SMILES string of the molecule is Cc1nc(=NF)c2cc(C#CCN)ncc2n1C. The molecule has 0 radical (unpaired) electrons. The topological polar surface area (TPSA) is 69.1 Å². The largest absolute Gasteiger partial charge is 0.331 e. The molecule has 6 heteroatoms. The molecule has 0 saturated heterocycles. The molecule has 0 spiro atoms. The molecule has 0 aliphatic heterocycles. The van der Waals surface area contributed by atoms with E-state index in [9.17, 15) is 4.48 Å². The summed E-state index contributed by atoms with van der Waals surface area (Å²) >= 11 is 0. The summed E-state index contributed by atoms with van der Waals surface area (Å²) < 4.78 is 14.4. The third-order valence-corrected chi connectivity index (χ3v) is 2.64. The van der Waals surface area contributed by atoms with E-state index >= 15 is 0 Å². The van der Waals surface area contributed by atoms with Gasteiger partial charge in [-0.3, -0.25) is 0 Å². The third-order valence-electron chi connectivity index (χ3n) is 2.64. The van der Waals surface area contributed by atoms with Crippen molar-refractivity contribution >= 4 is 10.9 Å². The first-order valence-corrected chi connectivity index (χ1v) is 5.34. The molecule has 0 fully saturated rings. The number of nitrogens with zero attached hydrogens (tertiary/aromatic N) is 4. The maximum Gasteiger partial charge on any atom is 0.196 e. The Bertz CT molecular complexity index is 721. The lowest BCUT2D eigenvalue weighted by atomic mass is 10.2. The highest BCUT2D eigenvalue weighted by Crippen LogP contribution is 2.09. The highest BCUT2D eigenvalue weighted by Gasteiger charge is 2.05. The quantitative estimate of drug-likeness (QED) is 0.682. The van der Waals surface area contributed by atoms with Gasteiger partial charge in [0.15, 0.2) is 5.49 Å². The first-order chi connectivity index (χ1) is 8.67. The summed E-state index contributed by atoms with van der Waals surface area (Å²) in [7, 11) is 1.83. The fourth-order valence-electron chi connectivity index (χ4n) is 1.63. The molecule has 2 heterocycles. The van der Waals surface area contributed by atoms with Crippen molar-refractivity contribution in [2.75, 3.05) is 6.54 Å². The van der Waals surface area contributed by atoms with Crippen molar-refractivity contribution in [2.45, 2.75) is 6.92 Å². The molecule has 0 aliphatic carbocycles. The van der Waals surface area contributed by atoms with Gasteiger partial charge in [-0.1, -0.05) is 15.6 Å². The molecule has 5 nitrogen and oxygen atoms in total. The molecule has 2 aromatic rings. The molecule has 2 rings (SSSR count). The van der Waals surface area contributed by atoms with E-state index < -0.39 is 0 Å². The maximum absolute atomic E-state index is 12.6. The lowest BCUT2D eigenvalue weighted by molar-refractivity contribution is 0.506. The number of nitrogens with two attached hydrogens (primary N) is 1. The van der Waals surface area contributed by atoms with Gasteiger partial charge in [-0.2, -0.15) is 0 Å². The van der Waals surface area contributed by atoms with Crippen LogP contribution < -0.4 is 11.2 Å². The number of rotatable bonds is 0.